The van der Waals surface area contributed by atoms with Crippen LogP contribution in [0, 0.1) is 11.3 Å². The van der Waals surface area contributed by atoms with E-state index in [1.54, 1.807) is 24.0 Å². The maximum Gasteiger partial charge on any atom is 0.311 e. The van der Waals surface area contributed by atoms with Crippen LogP contribution in [0.3, 0.4) is 0 Å². The SMILES string of the molecule is CCS(=O)(=O)c1ccc(CC(=O)N2CCC(C(=O)O)(C(C)C)C2)cc1. The van der Waals surface area contributed by atoms with Crippen molar-refractivity contribution in [1.29, 1.82) is 0 Å². The first-order valence-corrected chi connectivity index (χ1v) is 10.1. The predicted octanol–water partition coefficient (Wildman–Crippen LogP) is 1.98. The lowest BCUT2D eigenvalue weighted by molar-refractivity contribution is -0.151. The molecule has 7 heteroatoms. The lowest BCUT2D eigenvalue weighted by atomic mass is 9.76. The number of amides is 1. The van der Waals surface area contributed by atoms with Crippen LogP contribution in [-0.4, -0.2) is 49.1 Å². The van der Waals surface area contributed by atoms with Gasteiger partial charge in [0.2, 0.25) is 5.91 Å². The van der Waals surface area contributed by atoms with Crippen LogP contribution in [0.1, 0.15) is 32.8 Å². The minimum atomic E-state index is -3.25. The molecule has 1 fully saturated rings. The molecule has 2 rings (SSSR count). The molecule has 0 bridgehead atoms. The van der Waals surface area contributed by atoms with Crippen LogP contribution in [-0.2, 0) is 25.8 Å². The number of hydrogen-bond acceptors (Lipinski definition) is 4. The zero-order valence-electron chi connectivity index (χ0n) is 14.9. The predicted molar refractivity (Wildman–Crippen MR) is 94.0 cm³/mol. The van der Waals surface area contributed by atoms with Crippen LogP contribution in [0.4, 0.5) is 0 Å². The number of sulfone groups is 1. The van der Waals surface area contributed by atoms with Gasteiger partial charge in [-0.25, -0.2) is 8.42 Å². The fourth-order valence-corrected chi connectivity index (χ4v) is 4.09. The van der Waals surface area contributed by atoms with Gasteiger partial charge in [0.15, 0.2) is 9.84 Å². The number of hydrogen-bond donors (Lipinski definition) is 1. The Balaban J connectivity index is 2.07. The van der Waals surface area contributed by atoms with Crippen molar-refractivity contribution in [2.24, 2.45) is 11.3 Å². The molecule has 6 nitrogen and oxygen atoms in total. The second-order valence-corrected chi connectivity index (χ2v) is 9.18. The molecule has 25 heavy (non-hydrogen) atoms. The van der Waals surface area contributed by atoms with Crippen molar-refractivity contribution in [3.8, 4) is 0 Å². The molecule has 0 aliphatic carbocycles. The van der Waals surface area contributed by atoms with Crippen molar-refractivity contribution in [2.75, 3.05) is 18.8 Å². The van der Waals surface area contributed by atoms with Gasteiger partial charge >= 0.3 is 5.97 Å². The number of carboxylic acid groups (broad SMARTS) is 1. The third kappa shape index (κ3) is 3.86. The highest BCUT2D eigenvalue weighted by Gasteiger charge is 2.48. The Labute approximate surface area is 148 Å². The molecule has 1 amide bonds. The normalized spacial score (nSPS) is 20.9. The van der Waals surface area contributed by atoms with E-state index in [4.69, 9.17) is 0 Å². The summed E-state index contributed by atoms with van der Waals surface area (Å²) >= 11 is 0. The Morgan fingerprint density at radius 1 is 1.24 bits per heavy atom. The fraction of sp³-hybridized carbons (Fsp3) is 0.556. The molecular weight excluding hydrogens is 342 g/mol. The van der Waals surface area contributed by atoms with Crippen LogP contribution in [0.15, 0.2) is 29.2 Å². The summed E-state index contributed by atoms with van der Waals surface area (Å²) in [5.74, 6) is -1.01. The maximum absolute atomic E-state index is 12.5. The molecule has 0 saturated carbocycles. The average molecular weight is 367 g/mol. The summed E-state index contributed by atoms with van der Waals surface area (Å²) in [7, 11) is -3.25. The number of nitrogens with zero attached hydrogens (tertiary/aromatic N) is 1. The number of rotatable bonds is 6. The molecule has 1 heterocycles. The molecule has 1 aromatic carbocycles. The summed E-state index contributed by atoms with van der Waals surface area (Å²) in [6, 6.07) is 6.31. The van der Waals surface area contributed by atoms with Crippen molar-refractivity contribution in [3.05, 3.63) is 29.8 Å². The summed E-state index contributed by atoms with van der Waals surface area (Å²) in [5, 5.41) is 9.56. The number of benzene rings is 1. The van der Waals surface area contributed by atoms with E-state index in [0.29, 0.717) is 13.0 Å². The zero-order chi connectivity index (χ0) is 18.8. The molecular formula is C18H25NO5S. The Morgan fingerprint density at radius 2 is 1.84 bits per heavy atom. The molecule has 1 saturated heterocycles. The van der Waals surface area contributed by atoms with E-state index in [0.717, 1.165) is 5.56 Å². The van der Waals surface area contributed by atoms with E-state index < -0.39 is 21.2 Å². The summed E-state index contributed by atoms with van der Waals surface area (Å²) in [6.07, 6.45) is 0.597. The number of carboxylic acids is 1. The quantitative estimate of drug-likeness (QED) is 0.830. The van der Waals surface area contributed by atoms with Gasteiger partial charge in [-0.3, -0.25) is 9.59 Å². The largest absolute Gasteiger partial charge is 0.481 e. The Bertz CT molecular complexity index is 754. The van der Waals surface area contributed by atoms with E-state index in [2.05, 4.69) is 0 Å². The van der Waals surface area contributed by atoms with Crippen LogP contribution in [0.5, 0.6) is 0 Å². The summed E-state index contributed by atoms with van der Waals surface area (Å²) in [6.45, 7) is 5.99. The van der Waals surface area contributed by atoms with Gasteiger partial charge in [0.05, 0.1) is 22.5 Å². The van der Waals surface area contributed by atoms with E-state index in [1.165, 1.54) is 12.1 Å². The molecule has 1 unspecified atom stereocenters. The lowest BCUT2D eigenvalue weighted by Crippen LogP contribution is -2.41. The molecule has 1 aromatic rings. The zero-order valence-corrected chi connectivity index (χ0v) is 15.7. The van der Waals surface area contributed by atoms with Gasteiger partial charge in [-0.1, -0.05) is 32.9 Å². The standard InChI is InChI=1S/C18H25NO5S/c1-4-25(23,24)15-7-5-14(6-8-15)11-16(20)19-10-9-18(12-19,13(2)3)17(21)22/h5-8,13H,4,9-12H2,1-3H3,(H,21,22). The van der Waals surface area contributed by atoms with Gasteiger partial charge in [-0.2, -0.15) is 0 Å². The van der Waals surface area contributed by atoms with Crippen molar-refractivity contribution < 1.29 is 23.1 Å². The Morgan fingerprint density at radius 3 is 2.28 bits per heavy atom. The van der Waals surface area contributed by atoms with E-state index in [1.807, 2.05) is 13.8 Å². The minimum absolute atomic E-state index is 0.0333. The van der Waals surface area contributed by atoms with Gasteiger partial charge in [0.25, 0.3) is 0 Å². The molecule has 1 aliphatic rings. The minimum Gasteiger partial charge on any atom is -0.481 e. The number of carbonyl (C=O) groups is 2. The van der Waals surface area contributed by atoms with Gasteiger partial charge in [-0.05, 0) is 30.0 Å². The summed E-state index contributed by atoms with van der Waals surface area (Å²) < 4.78 is 23.6. The topological polar surface area (TPSA) is 91.8 Å². The van der Waals surface area contributed by atoms with Crippen molar-refractivity contribution >= 4 is 21.7 Å². The van der Waals surface area contributed by atoms with E-state index in [-0.39, 0.29) is 35.4 Å². The highest BCUT2D eigenvalue weighted by Crippen LogP contribution is 2.38. The number of carbonyl (C=O) groups excluding carboxylic acids is 1. The lowest BCUT2D eigenvalue weighted by Gasteiger charge is -2.28. The summed E-state index contributed by atoms with van der Waals surface area (Å²) in [4.78, 5) is 26.0. The van der Waals surface area contributed by atoms with Crippen LogP contribution in [0.2, 0.25) is 0 Å². The van der Waals surface area contributed by atoms with Crippen LogP contribution < -0.4 is 0 Å². The monoisotopic (exact) mass is 367 g/mol. The van der Waals surface area contributed by atoms with Crippen molar-refractivity contribution in [2.45, 2.75) is 38.5 Å². The molecule has 138 valence electrons. The van der Waals surface area contributed by atoms with Crippen molar-refractivity contribution in [3.63, 3.8) is 0 Å². The molecule has 1 atom stereocenters. The Kier molecular flexibility index (Phi) is 5.56. The first-order chi connectivity index (χ1) is 11.6. The maximum atomic E-state index is 12.5. The van der Waals surface area contributed by atoms with Gasteiger partial charge < -0.3 is 10.0 Å². The van der Waals surface area contributed by atoms with E-state index in [9.17, 15) is 23.1 Å². The third-order valence-corrected chi connectivity index (χ3v) is 6.95. The third-order valence-electron chi connectivity index (χ3n) is 5.20. The molecule has 1 N–H and O–H groups in total. The van der Waals surface area contributed by atoms with Gasteiger partial charge in [-0.15, -0.1) is 0 Å². The van der Waals surface area contributed by atoms with Gasteiger partial charge in [0, 0.05) is 13.1 Å². The number of aliphatic carboxylic acids is 1. The second kappa shape index (κ2) is 7.15. The fourth-order valence-electron chi connectivity index (χ4n) is 3.21. The highest BCUT2D eigenvalue weighted by molar-refractivity contribution is 7.91. The van der Waals surface area contributed by atoms with Crippen molar-refractivity contribution in [1.82, 2.24) is 4.90 Å². The van der Waals surface area contributed by atoms with E-state index >= 15 is 0 Å². The molecule has 0 radical (unpaired) electrons. The Hall–Kier alpha value is -1.89. The highest BCUT2D eigenvalue weighted by atomic mass is 32.2. The van der Waals surface area contributed by atoms with Crippen LogP contribution >= 0.6 is 0 Å². The molecule has 0 spiro atoms. The molecule has 1 aliphatic heterocycles. The first kappa shape index (κ1) is 19.4. The first-order valence-electron chi connectivity index (χ1n) is 8.45. The summed E-state index contributed by atoms with van der Waals surface area (Å²) in [5.41, 5.74) is -0.160. The van der Waals surface area contributed by atoms with Gasteiger partial charge in [0.1, 0.15) is 0 Å². The average Bonchev–Trinajstić information content (AvgIpc) is 3.02. The number of likely N-dealkylation sites (tertiary alicyclic amines) is 1. The smallest absolute Gasteiger partial charge is 0.311 e. The second-order valence-electron chi connectivity index (χ2n) is 6.91. The van der Waals surface area contributed by atoms with Crippen LogP contribution in [0.25, 0.3) is 0 Å². The molecule has 0 aromatic heterocycles.